The van der Waals surface area contributed by atoms with Crippen LogP contribution in [-0.4, -0.2) is 5.11 Å². The minimum atomic E-state index is -0.00272. The second kappa shape index (κ2) is 4.51. The van der Waals surface area contributed by atoms with E-state index in [9.17, 15) is 5.11 Å². The Balaban J connectivity index is 3.08. The zero-order valence-corrected chi connectivity index (χ0v) is 8.79. The maximum absolute atomic E-state index is 9.37. The van der Waals surface area contributed by atoms with E-state index in [4.69, 9.17) is 4.74 Å². The molecule has 0 unspecified atom stereocenters. The first-order valence-electron chi connectivity index (χ1n) is 4.52. The first-order valence-corrected chi connectivity index (χ1v) is 4.52. The molecule has 78 valence electrons. The van der Waals surface area contributed by atoms with Crippen LogP contribution in [0.15, 0.2) is 49.8 Å². The first kappa shape index (κ1) is 11.1. The fourth-order valence-corrected chi connectivity index (χ4v) is 1.24. The lowest BCUT2D eigenvalue weighted by molar-refractivity contribution is 0.388. The minimum absolute atomic E-state index is 0.00272. The molecule has 0 aliphatic carbocycles. The number of aliphatic hydroxyl groups excluding tert-OH is 1. The lowest BCUT2D eigenvalue weighted by atomic mass is 10.1. The van der Waals surface area contributed by atoms with Crippen LogP contribution in [0.4, 0.5) is 0 Å². The van der Waals surface area contributed by atoms with Crippen LogP contribution in [0.1, 0.15) is 18.1 Å². The summed E-state index contributed by atoms with van der Waals surface area (Å²) < 4.78 is 5.29. The average Bonchev–Trinajstić information content (AvgIpc) is 2.16. The average molecular weight is 202 g/mol. The molecule has 1 rings (SSSR count). The molecule has 1 aromatic carbocycles. The summed E-state index contributed by atoms with van der Waals surface area (Å²) in [7, 11) is 0. The van der Waals surface area contributed by atoms with Crippen LogP contribution in [0, 0.1) is 0 Å². The molecule has 0 aliphatic rings. The molecule has 0 fully saturated rings. The lowest BCUT2D eigenvalue weighted by Crippen LogP contribution is -1.94. The molecule has 0 aliphatic heterocycles. The van der Waals surface area contributed by atoms with Crippen LogP contribution in [0.3, 0.4) is 0 Å². The number of ether oxygens (including phenoxy) is 1. The highest BCUT2D eigenvalue weighted by molar-refractivity contribution is 5.72. The van der Waals surface area contributed by atoms with Gasteiger partial charge in [0.05, 0.1) is 5.76 Å². The zero-order chi connectivity index (χ0) is 11.4. The zero-order valence-electron chi connectivity index (χ0n) is 8.79. The van der Waals surface area contributed by atoms with Crippen molar-refractivity contribution in [2.75, 3.05) is 0 Å². The molecule has 0 radical (unpaired) electrons. The molecule has 2 nitrogen and oxygen atoms in total. The van der Waals surface area contributed by atoms with Crippen LogP contribution < -0.4 is 0 Å². The van der Waals surface area contributed by atoms with E-state index in [1.54, 1.807) is 13.0 Å². The summed E-state index contributed by atoms with van der Waals surface area (Å²) in [6.45, 7) is 12.6. The quantitative estimate of drug-likeness (QED) is 0.754. The Hall–Kier alpha value is -1.96. The molecule has 0 bridgehead atoms. The first-order chi connectivity index (χ1) is 7.02. The van der Waals surface area contributed by atoms with Crippen molar-refractivity contribution in [3.8, 4) is 0 Å². The minimum Gasteiger partial charge on any atom is -0.508 e. The highest BCUT2D eigenvalue weighted by Gasteiger charge is 2.08. The van der Waals surface area contributed by atoms with E-state index < -0.39 is 0 Å². The summed E-state index contributed by atoms with van der Waals surface area (Å²) in [4.78, 5) is 0. The van der Waals surface area contributed by atoms with Gasteiger partial charge < -0.3 is 9.84 Å². The van der Waals surface area contributed by atoms with Crippen molar-refractivity contribution in [2.24, 2.45) is 0 Å². The van der Waals surface area contributed by atoms with E-state index in [2.05, 4.69) is 19.7 Å². The molecule has 0 amide bonds. The summed E-state index contributed by atoms with van der Waals surface area (Å²) in [6.07, 6.45) is 0. The van der Waals surface area contributed by atoms with Gasteiger partial charge in [-0.3, -0.25) is 0 Å². The smallest absolute Gasteiger partial charge is 0.127 e. The van der Waals surface area contributed by atoms with Crippen molar-refractivity contribution in [3.63, 3.8) is 0 Å². The third-order valence-corrected chi connectivity index (χ3v) is 1.84. The van der Waals surface area contributed by atoms with Crippen molar-refractivity contribution >= 4 is 11.5 Å². The Bertz CT molecular complexity index is 416. The fourth-order valence-electron chi connectivity index (χ4n) is 1.24. The molecule has 2 heteroatoms. The van der Waals surface area contributed by atoms with E-state index in [0.717, 1.165) is 0 Å². The van der Waals surface area contributed by atoms with Crippen molar-refractivity contribution in [1.82, 2.24) is 0 Å². The van der Waals surface area contributed by atoms with Gasteiger partial charge in [-0.2, -0.15) is 0 Å². The maximum atomic E-state index is 9.37. The second-order valence-electron chi connectivity index (χ2n) is 3.22. The second-order valence-corrected chi connectivity index (χ2v) is 3.22. The summed E-state index contributed by atoms with van der Waals surface area (Å²) in [6, 6.07) is 7.22. The molecule has 0 heterocycles. The number of hydrogen-bond acceptors (Lipinski definition) is 2. The van der Waals surface area contributed by atoms with Crippen LogP contribution in [-0.2, 0) is 4.74 Å². The molecule has 1 N–H and O–H groups in total. The van der Waals surface area contributed by atoms with Gasteiger partial charge in [0.1, 0.15) is 11.5 Å². The molecular weight excluding hydrogens is 188 g/mol. The standard InChI is InChI=1S/C13H14O2/c1-9(2)15-11(4)13-8-6-5-7-12(13)10(3)14/h5-8,14H,1,3-4H2,2H3. The van der Waals surface area contributed by atoms with Crippen molar-refractivity contribution < 1.29 is 9.84 Å². The summed E-state index contributed by atoms with van der Waals surface area (Å²) in [5.41, 5.74) is 1.33. The summed E-state index contributed by atoms with van der Waals surface area (Å²) in [5.74, 6) is 1.00. The SMILES string of the molecule is C=C(C)OC(=C)c1ccccc1C(=C)O. The van der Waals surface area contributed by atoms with Gasteiger partial charge in [0, 0.05) is 11.1 Å². The van der Waals surface area contributed by atoms with Gasteiger partial charge in [-0.25, -0.2) is 0 Å². The van der Waals surface area contributed by atoms with E-state index in [1.807, 2.05) is 18.2 Å². The highest BCUT2D eigenvalue weighted by atomic mass is 16.5. The molecule has 15 heavy (non-hydrogen) atoms. The Kier molecular flexibility index (Phi) is 3.34. The van der Waals surface area contributed by atoms with Crippen molar-refractivity contribution in [1.29, 1.82) is 0 Å². The molecule has 0 saturated heterocycles. The number of allylic oxidation sites excluding steroid dienone is 1. The third kappa shape index (κ3) is 2.74. The van der Waals surface area contributed by atoms with Gasteiger partial charge in [0.15, 0.2) is 0 Å². The molecule has 0 saturated carbocycles. The normalized spacial score (nSPS) is 9.40. The van der Waals surface area contributed by atoms with Gasteiger partial charge in [-0.1, -0.05) is 44.0 Å². The van der Waals surface area contributed by atoms with Crippen LogP contribution in [0.5, 0.6) is 0 Å². The summed E-state index contributed by atoms with van der Waals surface area (Å²) >= 11 is 0. The number of aliphatic hydroxyl groups is 1. The van der Waals surface area contributed by atoms with E-state index in [-0.39, 0.29) is 5.76 Å². The Morgan fingerprint density at radius 3 is 2.13 bits per heavy atom. The fraction of sp³-hybridized carbons (Fsp3) is 0.0769. The van der Waals surface area contributed by atoms with Crippen LogP contribution >= 0.6 is 0 Å². The highest BCUT2D eigenvalue weighted by Crippen LogP contribution is 2.24. The Morgan fingerprint density at radius 2 is 1.67 bits per heavy atom. The van der Waals surface area contributed by atoms with Crippen molar-refractivity contribution in [3.05, 3.63) is 60.9 Å². The third-order valence-electron chi connectivity index (χ3n) is 1.84. The van der Waals surface area contributed by atoms with Gasteiger partial charge in [0.2, 0.25) is 0 Å². The van der Waals surface area contributed by atoms with Crippen LogP contribution in [0.25, 0.3) is 11.5 Å². The van der Waals surface area contributed by atoms with Gasteiger partial charge in [0.25, 0.3) is 0 Å². The van der Waals surface area contributed by atoms with Gasteiger partial charge >= 0.3 is 0 Å². The largest absolute Gasteiger partial charge is 0.508 e. The number of benzene rings is 1. The summed E-state index contributed by atoms with van der Waals surface area (Å²) in [5, 5.41) is 9.37. The Morgan fingerprint density at radius 1 is 1.13 bits per heavy atom. The van der Waals surface area contributed by atoms with Crippen LogP contribution in [0.2, 0.25) is 0 Å². The van der Waals surface area contributed by atoms with Gasteiger partial charge in [-0.05, 0) is 6.92 Å². The van der Waals surface area contributed by atoms with Crippen molar-refractivity contribution in [2.45, 2.75) is 6.92 Å². The molecule has 1 aromatic rings. The van der Waals surface area contributed by atoms with E-state index in [0.29, 0.717) is 22.6 Å². The molecule has 0 aromatic heterocycles. The maximum Gasteiger partial charge on any atom is 0.127 e. The lowest BCUT2D eigenvalue weighted by Gasteiger charge is -2.11. The van der Waals surface area contributed by atoms with Gasteiger partial charge in [-0.15, -0.1) is 0 Å². The monoisotopic (exact) mass is 202 g/mol. The predicted octanol–water partition coefficient (Wildman–Crippen LogP) is 3.74. The molecule has 0 spiro atoms. The van der Waals surface area contributed by atoms with E-state index >= 15 is 0 Å². The number of hydrogen-bond donors (Lipinski definition) is 1. The Labute approximate surface area is 89.8 Å². The predicted molar refractivity (Wildman–Crippen MR) is 63.0 cm³/mol. The van der Waals surface area contributed by atoms with E-state index in [1.165, 1.54) is 0 Å². The molecule has 0 atom stereocenters. The topological polar surface area (TPSA) is 29.5 Å². The molecular formula is C13H14O2. The number of rotatable bonds is 4.